The number of rotatable bonds is 3. The summed E-state index contributed by atoms with van der Waals surface area (Å²) in [7, 11) is 1.72. The van der Waals surface area contributed by atoms with Crippen molar-refractivity contribution in [3.05, 3.63) is 43.5 Å². The van der Waals surface area contributed by atoms with E-state index in [0.29, 0.717) is 12.1 Å². The van der Waals surface area contributed by atoms with Crippen LogP contribution in [0.2, 0.25) is 5.15 Å². The van der Waals surface area contributed by atoms with Gasteiger partial charge in [0.2, 0.25) is 0 Å². The van der Waals surface area contributed by atoms with Crippen molar-refractivity contribution in [2.45, 2.75) is 13.5 Å². The summed E-state index contributed by atoms with van der Waals surface area (Å²) in [5.74, 6) is -0.176. The average molecular weight is 361 g/mol. The van der Waals surface area contributed by atoms with Crippen molar-refractivity contribution in [3.63, 3.8) is 0 Å². The number of aryl methyl sites for hydroxylation is 1. The summed E-state index contributed by atoms with van der Waals surface area (Å²) < 4.78 is 0.721. The minimum atomic E-state index is -0.176. The van der Waals surface area contributed by atoms with Gasteiger partial charge in [0.1, 0.15) is 5.15 Å². The van der Waals surface area contributed by atoms with E-state index in [1.54, 1.807) is 35.5 Å². The molecule has 0 saturated carbocycles. The second-order valence-corrected chi connectivity index (χ2v) is 6.35. The minimum Gasteiger partial charge on any atom is -0.336 e. The van der Waals surface area contributed by atoms with Crippen molar-refractivity contribution in [3.8, 4) is 0 Å². The van der Waals surface area contributed by atoms with E-state index < -0.39 is 0 Å². The van der Waals surface area contributed by atoms with E-state index in [-0.39, 0.29) is 11.1 Å². The van der Waals surface area contributed by atoms with Gasteiger partial charge in [0, 0.05) is 23.1 Å². The summed E-state index contributed by atoms with van der Waals surface area (Å²) in [5, 5.41) is 3.13. The van der Waals surface area contributed by atoms with Gasteiger partial charge in [-0.25, -0.2) is 9.97 Å². The highest BCUT2D eigenvalue weighted by Gasteiger charge is 2.17. The van der Waals surface area contributed by atoms with E-state index in [9.17, 15) is 4.79 Å². The molecule has 0 unspecified atom stereocenters. The summed E-state index contributed by atoms with van der Waals surface area (Å²) in [6.45, 7) is 2.39. The lowest BCUT2D eigenvalue weighted by atomic mass is 10.2. The molecule has 4 nitrogen and oxygen atoms in total. The zero-order valence-electron chi connectivity index (χ0n) is 10.4. The van der Waals surface area contributed by atoms with Crippen molar-refractivity contribution in [1.82, 2.24) is 14.9 Å². The first kappa shape index (κ1) is 14.4. The molecule has 7 heteroatoms. The molecular formula is C12H11BrClN3OS. The first-order valence-corrected chi connectivity index (χ1v) is 7.50. The molecule has 0 aliphatic carbocycles. The van der Waals surface area contributed by atoms with Crippen molar-refractivity contribution in [2.75, 3.05) is 7.05 Å². The summed E-state index contributed by atoms with van der Waals surface area (Å²) in [6, 6.07) is 1.67. The summed E-state index contributed by atoms with van der Waals surface area (Å²) in [5.41, 5.74) is 1.25. The number of nitrogens with zero attached hydrogens (tertiary/aromatic N) is 3. The number of halogens is 2. The summed E-state index contributed by atoms with van der Waals surface area (Å²) in [4.78, 5) is 22.1. The number of hydrogen-bond acceptors (Lipinski definition) is 4. The monoisotopic (exact) mass is 359 g/mol. The van der Waals surface area contributed by atoms with E-state index in [2.05, 4.69) is 25.9 Å². The topological polar surface area (TPSA) is 46.1 Å². The molecule has 100 valence electrons. The number of aromatic nitrogens is 2. The first-order valence-electron chi connectivity index (χ1n) is 5.45. The quantitative estimate of drug-likeness (QED) is 0.787. The Bertz CT molecular complexity index is 617. The Balaban J connectivity index is 2.16. The Morgan fingerprint density at radius 3 is 2.95 bits per heavy atom. The van der Waals surface area contributed by atoms with Crippen LogP contribution in [0.3, 0.4) is 0 Å². The van der Waals surface area contributed by atoms with Gasteiger partial charge in [0.05, 0.1) is 22.8 Å². The molecule has 0 saturated heterocycles. The number of thiazole rings is 1. The minimum absolute atomic E-state index is 0.176. The van der Waals surface area contributed by atoms with E-state index in [1.807, 2.05) is 12.3 Å². The van der Waals surface area contributed by atoms with E-state index in [0.717, 1.165) is 15.2 Å². The van der Waals surface area contributed by atoms with Gasteiger partial charge in [-0.05, 0) is 28.9 Å². The lowest BCUT2D eigenvalue weighted by Gasteiger charge is -2.16. The maximum absolute atomic E-state index is 12.3. The van der Waals surface area contributed by atoms with Gasteiger partial charge in [0.25, 0.3) is 5.91 Å². The zero-order valence-corrected chi connectivity index (χ0v) is 13.5. The van der Waals surface area contributed by atoms with E-state index >= 15 is 0 Å². The molecule has 2 heterocycles. The Kier molecular flexibility index (Phi) is 4.54. The molecule has 0 aliphatic rings. The molecule has 0 N–H and O–H groups in total. The second kappa shape index (κ2) is 5.98. The van der Waals surface area contributed by atoms with Crippen LogP contribution in [0, 0.1) is 6.92 Å². The van der Waals surface area contributed by atoms with Crippen LogP contribution in [0.15, 0.2) is 22.1 Å². The van der Waals surface area contributed by atoms with E-state index in [4.69, 9.17) is 11.6 Å². The fourth-order valence-electron chi connectivity index (χ4n) is 1.57. The highest BCUT2D eigenvalue weighted by Crippen LogP contribution is 2.20. The largest absolute Gasteiger partial charge is 0.336 e. The number of carbonyl (C=O) groups excluding carboxylic acids is 1. The van der Waals surface area contributed by atoms with Gasteiger partial charge < -0.3 is 4.90 Å². The van der Waals surface area contributed by atoms with Crippen molar-refractivity contribution < 1.29 is 4.79 Å². The van der Waals surface area contributed by atoms with Crippen LogP contribution in [0.4, 0.5) is 0 Å². The Morgan fingerprint density at radius 2 is 2.32 bits per heavy atom. The van der Waals surface area contributed by atoms with Gasteiger partial charge in [-0.15, -0.1) is 11.3 Å². The van der Waals surface area contributed by atoms with Gasteiger partial charge in [-0.2, -0.15) is 0 Å². The molecule has 0 radical (unpaired) electrons. The third-order valence-electron chi connectivity index (χ3n) is 2.45. The molecule has 2 aromatic heterocycles. The molecule has 2 aromatic rings. The molecule has 0 aromatic carbocycles. The average Bonchev–Trinajstić information content (AvgIpc) is 2.77. The molecule has 0 aliphatic heterocycles. The smallest absolute Gasteiger partial charge is 0.257 e. The van der Waals surface area contributed by atoms with Crippen LogP contribution in [-0.2, 0) is 6.54 Å². The SMILES string of the molecule is Cc1nc(CN(C)C(=O)c2cc(Br)cnc2Cl)cs1. The van der Waals surface area contributed by atoms with Gasteiger partial charge in [-0.3, -0.25) is 4.79 Å². The number of hydrogen-bond donors (Lipinski definition) is 0. The van der Waals surface area contributed by atoms with Crippen molar-refractivity contribution >= 4 is 44.8 Å². The molecule has 1 amide bonds. The van der Waals surface area contributed by atoms with Gasteiger partial charge in [0.15, 0.2) is 0 Å². The molecule has 0 fully saturated rings. The van der Waals surface area contributed by atoms with Crippen LogP contribution >= 0.6 is 38.9 Å². The summed E-state index contributed by atoms with van der Waals surface area (Å²) in [6.07, 6.45) is 1.56. The molecular weight excluding hydrogens is 350 g/mol. The van der Waals surface area contributed by atoms with Crippen molar-refractivity contribution in [1.29, 1.82) is 0 Å². The Hall–Kier alpha value is -0.980. The Labute approximate surface area is 128 Å². The van der Waals surface area contributed by atoms with E-state index in [1.165, 1.54) is 0 Å². The zero-order chi connectivity index (χ0) is 14.0. The summed E-state index contributed by atoms with van der Waals surface area (Å²) >= 11 is 10.8. The van der Waals surface area contributed by atoms with Crippen molar-refractivity contribution in [2.24, 2.45) is 0 Å². The standard InChI is InChI=1S/C12H11BrClN3OS/c1-7-16-9(6-19-7)5-17(2)12(18)10-3-8(13)4-15-11(10)14/h3-4,6H,5H2,1-2H3. The van der Waals surface area contributed by atoms with Gasteiger partial charge in [-0.1, -0.05) is 11.6 Å². The lowest BCUT2D eigenvalue weighted by Crippen LogP contribution is -2.26. The first-order chi connectivity index (χ1) is 8.97. The Morgan fingerprint density at radius 1 is 1.58 bits per heavy atom. The van der Waals surface area contributed by atoms with Crippen LogP contribution in [0.1, 0.15) is 21.1 Å². The molecule has 2 rings (SSSR count). The second-order valence-electron chi connectivity index (χ2n) is 4.01. The third kappa shape index (κ3) is 3.52. The molecule has 0 bridgehead atoms. The number of carbonyl (C=O) groups is 1. The fraction of sp³-hybridized carbons (Fsp3) is 0.250. The highest BCUT2D eigenvalue weighted by molar-refractivity contribution is 9.10. The predicted octanol–water partition coefficient (Wildman–Crippen LogP) is 3.53. The predicted molar refractivity (Wildman–Crippen MR) is 79.6 cm³/mol. The third-order valence-corrected chi connectivity index (χ3v) is 4.01. The number of pyridine rings is 1. The molecule has 19 heavy (non-hydrogen) atoms. The van der Waals surface area contributed by atoms with Crippen LogP contribution in [0.25, 0.3) is 0 Å². The normalized spacial score (nSPS) is 10.5. The maximum atomic E-state index is 12.3. The molecule has 0 spiro atoms. The lowest BCUT2D eigenvalue weighted by molar-refractivity contribution is 0.0783. The highest BCUT2D eigenvalue weighted by atomic mass is 79.9. The van der Waals surface area contributed by atoms with Crippen LogP contribution in [0.5, 0.6) is 0 Å². The fourth-order valence-corrected chi connectivity index (χ4v) is 2.69. The van der Waals surface area contributed by atoms with Crippen LogP contribution in [-0.4, -0.2) is 27.8 Å². The molecule has 0 atom stereocenters. The number of amides is 1. The van der Waals surface area contributed by atoms with Crippen LogP contribution < -0.4 is 0 Å². The maximum Gasteiger partial charge on any atom is 0.257 e. The van der Waals surface area contributed by atoms with Gasteiger partial charge >= 0.3 is 0 Å².